The van der Waals surface area contributed by atoms with Gasteiger partial charge in [0.2, 0.25) is 0 Å². The first-order chi connectivity index (χ1) is 10.9. The smallest absolute Gasteiger partial charge is 0.119 e. The lowest BCUT2D eigenvalue weighted by Crippen LogP contribution is -2.37. The van der Waals surface area contributed by atoms with E-state index in [2.05, 4.69) is 29.2 Å². The van der Waals surface area contributed by atoms with Crippen LogP contribution in [-0.2, 0) is 4.74 Å². The maximum atomic E-state index is 5.89. The molecule has 1 aliphatic heterocycles. The molecule has 0 bridgehead atoms. The largest absolute Gasteiger partial charge is 0.494 e. The highest BCUT2D eigenvalue weighted by atomic mass is 16.5. The number of hydrogen-bond donors (Lipinski definition) is 0. The zero-order chi connectivity index (χ0) is 15.0. The van der Waals surface area contributed by atoms with Crippen LogP contribution in [0.5, 0.6) is 5.75 Å². The van der Waals surface area contributed by atoms with E-state index < -0.39 is 0 Å². The predicted octanol–water partition coefficient (Wildman–Crippen LogP) is 3.25. The molecule has 2 aromatic rings. The van der Waals surface area contributed by atoms with E-state index in [4.69, 9.17) is 9.47 Å². The first-order valence-corrected chi connectivity index (χ1v) is 7.91. The average molecular weight is 296 g/mol. The normalized spacial score (nSPS) is 15.6. The summed E-state index contributed by atoms with van der Waals surface area (Å²) in [5.74, 6) is 0.934. The lowest BCUT2D eigenvalue weighted by molar-refractivity contribution is 0.0358. The molecule has 2 aromatic carbocycles. The van der Waals surface area contributed by atoms with Crippen molar-refractivity contribution in [2.24, 2.45) is 0 Å². The zero-order valence-electron chi connectivity index (χ0n) is 12.8. The van der Waals surface area contributed by atoms with Gasteiger partial charge >= 0.3 is 0 Å². The van der Waals surface area contributed by atoms with Crippen molar-refractivity contribution in [3.63, 3.8) is 0 Å². The van der Waals surface area contributed by atoms with Crippen molar-refractivity contribution in [1.29, 1.82) is 0 Å². The Hall–Kier alpha value is -1.84. The van der Waals surface area contributed by atoms with E-state index in [1.165, 1.54) is 11.1 Å². The van der Waals surface area contributed by atoms with E-state index >= 15 is 0 Å². The molecule has 115 valence electrons. The van der Waals surface area contributed by atoms with Crippen LogP contribution in [0, 0.1) is 6.07 Å². The minimum absolute atomic E-state index is 0.752. The Kier molecular flexibility index (Phi) is 5.46. The molecule has 1 saturated heterocycles. The maximum Gasteiger partial charge on any atom is 0.119 e. The van der Waals surface area contributed by atoms with E-state index in [9.17, 15) is 0 Å². The van der Waals surface area contributed by atoms with Gasteiger partial charge in [-0.3, -0.25) is 4.90 Å². The quantitative estimate of drug-likeness (QED) is 0.764. The van der Waals surface area contributed by atoms with Crippen molar-refractivity contribution in [2.75, 3.05) is 39.5 Å². The van der Waals surface area contributed by atoms with E-state index in [0.717, 1.165) is 51.6 Å². The Morgan fingerprint density at radius 2 is 1.95 bits per heavy atom. The van der Waals surface area contributed by atoms with Crippen LogP contribution in [0.25, 0.3) is 11.1 Å². The van der Waals surface area contributed by atoms with Gasteiger partial charge in [0.15, 0.2) is 0 Å². The average Bonchev–Trinajstić information content (AvgIpc) is 2.61. The molecule has 0 aromatic heterocycles. The Morgan fingerprint density at radius 3 is 2.77 bits per heavy atom. The monoisotopic (exact) mass is 296 g/mol. The van der Waals surface area contributed by atoms with Crippen molar-refractivity contribution in [3.8, 4) is 16.9 Å². The van der Waals surface area contributed by atoms with E-state index in [0.29, 0.717) is 0 Å². The van der Waals surface area contributed by atoms with Crippen LogP contribution in [-0.4, -0.2) is 44.4 Å². The number of benzene rings is 2. The third kappa shape index (κ3) is 4.33. The molecule has 3 heteroatoms. The van der Waals surface area contributed by atoms with Gasteiger partial charge in [-0.25, -0.2) is 0 Å². The third-order valence-electron chi connectivity index (χ3n) is 3.87. The molecule has 1 heterocycles. The SMILES string of the molecule is [c]1cccc(-c2cccc(OCCCN3CCOCC3)c2)c1. The molecule has 0 saturated carbocycles. The summed E-state index contributed by atoms with van der Waals surface area (Å²) < 4.78 is 11.2. The van der Waals surface area contributed by atoms with Crippen molar-refractivity contribution in [2.45, 2.75) is 6.42 Å². The fourth-order valence-corrected chi connectivity index (χ4v) is 2.64. The summed E-state index contributed by atoms with van der Waals surface area (Å²) >= 11 is 0. The van der Waals surface area contributed by atoms with Gasteiger partial charge in [-0.05, 0) is 41.8 Å². The summed E-state index contributed by atoms with van der Waals surface area (Å²) in [5, 5.41) is 0. The molecule has 0 spiro atoms. The number of ether oxygens (including phenoxy) is 2. The minimum atomic E-state index is 0.752. The second-order valence-corrected chi connectivity index (χ2v) is 5.48. The van der Waals surface area contributed by atoms with Crippen LogP contribution < -0.4 is 4.74 Å². The van der Waals surface area contributed by atoms with Crippen LogP contribution >= 0.6 is 0 Å². The summed E-state index contributed by atoms with van der Waals surface area (Å²) in [6.07, 6.45) is 1.04. The number of hydrogen-bond acceptors (Lipinski definition) is 3. The van der Waals surface area contributed by atoms with Gasteiger partial charge in [0, 0.05) is 19.6 Å². The highest BCUT2D eigenvalue weighted by molar-refractivity contribution is 5.64. The fraction of sp³-hybridized carbons (Fsp3) is 0.368. The summed E-state index contributed by atoms with van der Waals surface area (Å²) in [6, 6.07) is 19.4. The predicted molar refractivity (Wildman–Crippen MR) is 88.1 cm³/mol. The first kappa shape index (κ1) is 15.1. The molecule has 3 nitrogen and oxygen atoms in total. The van der Waals surface area contributed by atoms with Crippen LogP contribution in [0.15, 0.2) is 48.5 Å². The summed E-state index contributed by atoms with van der Waals surface area (Å²) in [7, 11) is 0. The van der Waals surface area contributed by atoms with E-state index in [1.54, 1.807) is 0 Å². The number of morpholine rings is 1. The number of rotatable bonds is 6. The van der Waals surface area contributed by atoms with E-state index in [1.807, 2.05) is 30.3 Å². The zero-order valence-corrected chi connectivity index (χ0v) is 12.8. The van der Waals surface area contributed by atoms with Gasteiger partial charge in [0.1, 0.15) is 5.75 Å². The fourth-order valence-electron chi connectivity index (χ4n) is 2.64. The Morgan fingerprint density at radius 1 is 1.09 bits per heavy atom. The van der Waals surface area contributed by atoms with Crippen molar-refractivity contribution in [1.82, 2.24) is 4.90 Å². The summed E-state index contributed by atoms with van der Waals surface area (Å²) in [5.41, 5.74) is 2.34. The Balaban J connectivity index is 1.48. The molecular weight excluding hydrogens is 274 g/mol. The second-order valence-electron chi connectivity index (χ2n) is 5.48. The molecule has 0 aliphatic carbocycles. The molecule has 1 aliphatic rings. The van der Waals surface area contributed by atoms with Crippen LogP contribution in [0.3, 0.4) is 0 Å². The van der Waals surface area contributed by atoms with Crippen molar-refractivity contribution < 1.29 is 9.47 Å². The molecule has 0 unspecified atom stereocenters. The van der Waals surface area contributed by atoms with Gasteiger partial charge < -0.3 is 9.47 Å². The highest BCUT2D eigenvalue weighted by Crippen LogP contribution is 2.23. The topological polar surface area (TPSA) is 21.7 Å². The number of nitrogens with zero attached hydrogens (tertiary/aromatic N) is 1. The van der Waals surface area contributed by atoms with Gasteiger partial charge in [-0.15, -0.1) is 0 Å². The molecular formula is C19H22NO2. The van der Waals surface area contributed by atoms with Crippen LogP contribution in [0.4, 0.5) is 0 Å². The standard InChI is InChI=1S/C19H22NO2/c1-2-6-17(7-3-1)18-8-4-9-19(16-18)22-13-5-10-20-11-14-21-15-12-20/h1-2,4,6-9,16H,5,10-15H2. The minimum Gasteiger partial charge on any atom is -0.494 e. The van der Waals surface area contributed by atoms with Crippen LogP contribution in [0.1, 0.15) is 6.42 Å². The second kappa shape index (κ2) is 7.97. The van der Waals surface area contributed by atoms with Crippen molar-refractivity contribution in [3.05, 3.63) is 54.6 Å². The molecule has 1 fully saturated rings. The van der Waals surface area contributed by atoms with Gasteiger partial charge in [0.25, 0.3) is 0 Å². The lowest BCUT2D eigenvalue weighted by atomic mass is 10.1. The molecule has 0 atom stereocenters. The molecule has 22 heavy (non-hydrogen) atoms. The molecule has 3 rings (SSSR count). The molecule has 1 radical (unpaired) electrons. The van der Waals surface area contributed by atoms with Gasteiger partial charge in [-0.2, -0.15) is 0 Å². The maximum absolute atomic E-state index is 5.89. The van der Waals surface area contributed by atoms with Crippen molar-refractivity contribution >= 4 is 0 Å². The summed E-state index contributed by atoms with van der Waals surface area (Å²) in [6.45, 7) is 5.63. The summed E-state index contributed by atoms with van der Waals surface area (Å²) in [4.78, 5) is 2.43. The van der Waals surface area contributed by atoms with Crippen LogP contribution in [0.2, 0.25) is 0 Å². The van der Waals surface area contributed by atoms with E-state index in [-0.39, 0.29) is 0 Å². The third-order valence-corrected chi connectivity index (χ3v) is 3.87. The lowest BCUT2D eigenvalue weighted by Gasteiger charge is -2.26. The van der Waals surface area contributed by atoms with Gasteiger partial charge in [-0.1, -0.05) is 30.3 Å². The van der Waals surface area contributed by atoms with Gasteiger partial charge in [0.05, 0.1) is 19.8 Å². The Labute approximate surface area is 132 Å². The highest BCUT2D eigenvalue weighted by Gasteiger charge is 2.09. The molecule has 0 N–H and O–H groups in total. The Bertz CT molecular complexity index is 565. The first-order valence-electron chi connectivity index (χ1n) is 7.91. The molecule has 0 amide bonds.